The molecule has 7 heteroatoms. The van der Waals surface area contributed by atoms with Crippen molar-refractivity contribution >= 4 is 18.0 Å². The molecule has 2 N–H and O–H groups in total. The third-order valence-corrected chi connectivity index (χ3v) is 6.93. The fourth-order valence-corrected chi connectivity index (χ4v) is 5.11. The largest absolute Gasteiger partial charge is 0.481 e. The minimum absolute atomic E-state index is 0.0580. The molecule has 0 spiro atoms. The molecule has 1 fully saturated rings. The van der Waals surface area contributed by atoms with E-state index in [4.69, 9.17) is 4.74 Å². The number of carbonyl (C=O) groups is 3. The van der Waals surface area contributed by atoms with Crippen molar-refractivity contribution in [1.29, 1.82) is 0 Å². The van der Waals surface area contributed by atoms with E-state index >= 15 is 0 Å². The number of rotatable bonds is 6. The fourth-order valence-electron chi connectivity index (χ4n) is 5.11. The highest BCUT2D eigenvalue weighted by Crippen LogP contribution is 2.44. The van der Waals surface area contributed by atoms with E-state index in [2.05, 4.69) is 29.6 Å². The summed E-state index contributed by atoms with van der Waals surface area (Å²) in [4.78, 5) is 38.8. The molecule has 0 unspecified atom stereocenters. The van der Waals surface area contributed by atoms with Gasteiger partial charge in [0.1, 0.15) is 12.6 Å². The number of carboxylic acid groups (broad SMARTS) is 1. The van der Waals surface area contributed by atoms with Gasteiger partial charge < -0.3 is 20.1 Å². The van der Waals surface area contributed by atoms with Crippen molar-refractivity contribution in [3.05, 3.63) is 59.7 Å². The Balaban J connectivity index is 1.40. The molecule has 1 aliphatic heterocycles. The maximum Gasteiger partial charge on any atom is 0.407 e. The number of ether oxygens (including phenoxy) is 1. The second kappa shape index (κ2) is 9.65. The Kier molecular flexibility index (Phi) is 6.67. The van der Waals surface area contributed by atoms with E-state index in [0.29, 0.717) is 25.8 Å². The van der Waals surface area contributed by atoms with E-state index in [1.54, 1.807) is 11.8 Å². The maximum absolute atomic E-state index is 13.1. The molecule has 0 aromatic heterocycles. The molecular weight excluding hydrogens is 420 g/mol. The summed E-state index contributed by atoms with van der Waals surface area (Å²) in [5, 5.41) is 12.1. The Labute approximate surface area is 193 Å². The number of fused-ring (bicyclic) bond motifs is 3. The minimum atomic E-state index is -0.891. The van der Waals surface area contributed by atoms with Gasteiger partial charge in [0.15, 0.2) is 0 Å². The first-order valence-corrected chi connectivity index (χ1v) is 11.6. The van der Waals surface area contributed by atoms with Gasteiger partial charge in [0, 0.05) is 18.5 Å². The Morgan fingerprint density at radius 3 is 2.27 bits per heavy atom. The van der Waals surface area contributed by atoms with E-state index in [0.717, 1.165) is 22.3 Å². The molecule has 2 aromatic rings. The van der Waals surface area contributed by atoms with Crippen LogP contribution in [0.1, 0.15) is 50.2 Å². The van der Waals surface area contributed by atoms with Crippen molar-refractivity contribution in [2.75, 3.05) is 13.2 Å². The number of nitrogens with zero attached hydrogens (tertiary/aromatic N) is 1. The Morgan fingerprint density at radius 2 is 1.70 bits per heavy atom. The van der Waals surface area contributed by atoms with Gasteiger partial charge >= 0.3 is 12.1 Å². The van der Waals surface area contributed by atoms with Crippen LogP contribution >= 0.6 is 0 Å². The molecule has 7 nitrogen and oxygen atoms in total. The number of hydrogen-bond acceptors (Lipinski definition) is 4. The molecule has 3 atom stereocenters. The molecule has 1 heterocycles. The third-order valence-electron chi connectivity index (χ3n) is 6.93. The lowest BCUT2D eigenvalue weighted by atomic mass is 9.89. The fraction of sp³-hybridized carbons (Fsp3) is 0.423. The lowest BCUT2D eigenvalue weighted by Crippen LogP contribution is -2.55. The Morgan fingerprint density at radius 1 is 1.09 bits per heavy atom. The second-order valence-corrected chi connectivity index (χ2v) is 8.79. The number of nitrogens with one attached hydrogen (secondary N) is 1. The third kappa shape index (κ3) is 4.45. The van der Waals surface area contributed by atoms with Crippen LogP contribution in [0.15, 0.2) is 48.5 Å². The number of likely N-dealkylation sites (tertiary alicyclic amines) is 1. The number of amides is 2. The summed E-state index contributed by atoms with van der Waals surface area (Å²) in [5.41, 5.74) is 4.54. The van der Waals surface area contributed by atoms with Crippen LogP contribution in [0, 0.1) is 5.92 Å². The maximum atomic E-state index is 13.1. The number of carbonyl (C=O) groups excluding carboxylic acids is 2. The van der Waals surface area contributed by atoms with Gasteiger partial charge in [-0.1, -0.05) is 55.5 Å². The van der Waals surface area contributed by atoms with Gasteiger partial charge in [-0.25, -0.2) is 4.79 Å². The minimum Gasteiger partial charge on any atom is -0.481 e. The van der Waals surface area contributed by atoms with Gasteiger partial charge in [-0.05, 0) is 48.4 Å². The highest BCUT2D eigenvalue weighted by atomic mass is 16.5. The molecule has 0 bridgehead atoms. The average molecular weight is 451 g/mol. The van der Waals surface area contributed by atoms with E-state index in [-0.39, 0.29) is 18.4 Å². The smallest absolute Gasteiger partial charge is 0.407 e. The number of aliphatic carboxylic acids is 1. The predicted octanol–water partition coefficient (Wildman–Crippen LogP) is 4.02. The number of alkyl carbamates (subject to hydrolysis) is 1. The van der Waals surface area contributed by atoms with Crippen LogP contribution in [0.4, 0.5) is 4.79 Å². The van der Waals surface area contributed by atoms with Gasteiger partial charge in [-0.3, -0.25) is 9.59 Å². The van der Waals surface area contributed by atoms with Gasteiger partial charge in [0.05, 0.1) is 5.92 Å². The number of piperidine rings is 1. The molecule has 33 heavy (non-hydrogen) atoms. The van der Waals surface area contributed by atoms with Crippen molar-refractivity contribution < 1.29 is 24.2 Å². The summed E-state index contributed by atoms with van der Waals surface area (Å²) in [6.07, 6.45) is 0.937. The first-order valence-electron chi connectivity index (χ1n) is 11.6. The molecule has 2 aromatic carbocycles. The molecule has 174 valence electrons. The first-order chi connectivity index (χ1) is 15.9. The van der Waals surface area contributed by atoms with Gasteiger partial charge in [0.2, 0.25) is 5.91 Å². The van der Waals surface area contributed by atoms with Gasteiger partial charge in [0.25, 0.3) is 0 Å². The first kappa shape index (κ1) is 22.8. The van der Waals surface area contributed by atoms with Crippen molar-refractivity contribution in [2.24, 2.45) is 5.92 Å². The number of benzene rings is 2. The second-order valence-electron chi connectivity index (χ2n) is 8.79. The predicted molar refractivity (Wildman–Crippen MR) is 124 cm³/mol. The van der Waals surface area contributed by atoms with Crippen LogP contribution in [0.25, 0.3) is 11.1 Å². The van der Waals surface area contributed by atoms with Crippen LogP contribution in [-0.4, -0.2) is 53.2 Å². The van der Waals surface area contributed by atoms with Crippen molar-refractivity contribution in [2.45, 2.75) is 51.1 Å². The summed E-state index contributed by atoms with van der Waals surface area (Å²) < 4.78 is 5.58. The summed E-state index contributed by atoms with van der Waals surface area (Å²) in [6.45, 7) is 4.24. The summed E-state index contributed by atoms with van der Waals surface area (Å²) in [5.74, 6) is -1.80. The standard InChI is InChI=1S/C26H30N2O5/c1-3-23(24(29)28-14-8-13-17(16(28)2)25(30)31)27-26(32)33-15-22-20-11-6-4-9-18(20)19-10-5-7-12-21(19)22/h4-7,9-12,16-17,22-23H,3,8,13-15H2,1-2H3,(H,27,32)(H,30,31)/t16-,17-,23+/m0/s1. The van der Waals surface area contributed by atoms with E-state index in [9.17, 15) is 19.5 Å². The topological polar surface area (TPSA) is 95.9 Å². The van der Waals surface area contributed by atoms with Crippen molar-refractivity contribution in [1.82, 2.24) is 10.2 Å². The van der Waals surface area contributed by atoms with E-state index in [1.807, 2.05) is 31.2 Å². The van der Waals surface area contributed by atoms with Crippen LogP contribution in [0.3, 0.4) is 0 Å². The SMILES string of the molecule is CC[C@@H](NC(=O)OCC1c2ccccc2-c2ccccc21)C(=O)N1CCC[C@H](C(=O)O)[C@@H]1C. The summed E-state index contributed by atoms with van der Waals surface area (Å²) in [6, 6.07) is 15.0. The lowest BCUT2D eigenvalue weighted by Gasteiger charge is -2.39. The zero-order valence-corrected chi connectivity index (χ0v) is 19.0. The average Bonchev–Trinajstić information content (AvgIpc) is 3.14. The summed E-state index contributed by atoms with van der Waals surface area (Å²) >= 11 is 0. The molecule has 0 radical (unpaired) electrons. The van der Waals surface area contributed by atoms with Gasteiger partial charge in [-0.2, -0.15) is 0 Å². The molecular formula is C26H30N2O5. The molecule has 1 aliphatic carbocycles. The van der Waals surface area contributed by atoms with Gasteiger partial charge in [-0.15, -0.1) is 0 Å². The molecule has 1 saturated heterocycles. The zero-order valence-electron chi connectivity index (χ0n) is 19.0. The monoisotopic (exact) mass is 450 g/mol. The van der Waals surface area contributed by atoms with Crippen molar-refractivity contribution in [3.8, 4) is 11.1 Å². The molecule has 0 saturated carbocycles. The highest BCUT2D eigenvalue weighted by molar-refractivity contribution is 5.87. The van der Waals surface area contributed by atoms with Crippen molar-refractivity contribution in [3.63, 3.8) is 0 Å². The van der Waals surface area contributed by atoms with Crippen LogP contribution < -0.4 is 5.32 Å². The Hall–Kier alpha value is -3.35. The van der Waals surface area contributed by atoms with E-state index < -0.39 is 30.1 Å². The number of hydrogen-bond donors (Lipinski definition) is 2. The normalized spacial score (nSPS) is 20.5. The lowest BCUT2D eigenvalue weighted by molar-refractivity contribution is -0.149. The highest BCUT2D eigenvalue weighted by Gasteiger charge is 2.38. The number of carboxylic acids is 1. The van der Waals surface area contributed by atoms with Crippen LogP contribution in [0.2, 0.25) is 0 Å². The zero-order chi connectivity index (χ0) is 23.5. The Bertz CT molecular complexity index is 1010. The van der Waals surface area contributed by atoms with E-state index in [1.165, 1.54) is 0 Å². The van der Waals surface area contributed by atoms with Crippen LogP contribution in [-0.2, 0) is 14.3 Å². The molecule has 4 rings (SSSR count). The summed E-state index contributed by atoms with van der Waals surface area (Å²) in [7, 11) is 0. The quantitative estimate of drug-likeness (QED) is 0.693. The molecule has 2 aliphatic rings. The molecule has 2 amide bonds. The van der Waals surface area contributed by atoms with Crippen LogP contribution in [0.5, 0.6) is 0 Å².